The topological polar surface area (TPSA) is 12.9 Å². The van der Waals surface area contributed by atoms with E-state index >= 15 is 0 Å². The molecule has 0 aliphatic carbocycles. The summed E-state index contributed by atoms with van der Waals surface area (Å²) in [5, 5.41) is 1.25. The summed E-state index contributed by atoms with van der Waals surface area (Å²) in [5.41, 5.74) is 3.58. The fourth-order valence-corrected chi connectivity index (χ4v) is 2.60. The number of hydrogen-bond acceptors (Lipinski definition) is 2. The summed E-state index contributed by atoms with van der Waals surface area (Å²) < 4.78 is 5.79. The van der Waals surface area contributed by atoms with Crippen LogP contribution in [0, 0.1) is 6.92 Å². The molecular weight excluding hydrogens is 214 g/mol. The van der Waals surface area contributed by atoms with E-state index in [0.717, 1.165) is 5.69 Å². The van der Waals surface area contributed by atoms with Gasteiger partial charge in [0.25, 0.3) is 0 Å². The number of aryl methyl sites for hydroxylation is 1. The predicted molar refractivity (Wildman–Crippen MR) is 69.8 cm³/mol. The number of nitrogens with zero attached hydrogens (tertiary/aromatic N) is 1. The molecule has 0 fully saturated rings. The van der Waals surface area contributed by atoms with E-state index in [0.29, 0.717) is 0 Å². The van der Waals surface area contributed by atoms with Crippen molar-refractivity contribution in [3.8, 4) is 11.3 Å². The molecule has 0 saturated carbocycles. The first kappa shape index (κ1) is 9.55. The number of benzene rings is 2. The molecule has 0 amide bonds. The fourth-order valence-electron chi connectivity index (χ4n) is 1.81. The second-order valence-corrected chi connectivity index (χ2v) is 4.70. The second-order valence-electron chi connectivity index (χ2n) is 3.89. The van der Waals surface area contributed by atoms with Crippen LogP contribution in [0.3, 0.4) is 0 Å². The first-order valence-electron chi connectivity index (χ1n) is 5.26. The largest absolute Gasteiger partial charge is 0.191 e. The van der Waals surface area contributed by atoms with Crippen molar-refractivity contribution in [1.82, 2.24) is 4.37 Å². The molecule has 3 aromatic rings. The first-order chi connectivity index (χ1) is 7.84. The highest BCUT2D eigenvalue weighted by Crippen LogP contribution is 2.30. The zero-order valence-electron chi connectivity index (χ0n) is 8.97. The standard InChI is InChI=1S/C14H11NS/c1-10-6-8-11(9-7-10)14-12-4-2-3-5-13(12)16-15-14/h2-9H,1H3. The smallest absolute Gasteiger partial charge is 0.0919 e. The lowest BCUT2D eigenvalue weighted by Crippen LogP contribution is -1.78. The van der Waals surface area contributed by atoms with E-state index in [4.69, 9.17) is 0 Å². The summed E-state index contributed by atoms with van der Waals surface area (Å²) >= 11 is 1.56. The van der Waals surface area contributed by atoms with Crippen molar-refractivity contribution in [3.05, 3.63) is 54.1 Å². The molecule has 2 aromatic carbocycles. The highest BCUT2D eigenvalue weighted by atomic mass is 32.1. The van der Waals surface area contributed by atoms with Gasteiger partial charge in [0.2, 0.25) is 0 Å². The Balaban J connectivity index is 2.22. The molecule has 0 N–H and O–H groups in total. The number of fused-ring (bicyclic) bond motifs is 1. The van der Waals surface area contributed by atoms with Gasteiger partial charge in [-0.05, 0) is 24.5 Å². The molecule has 1 aromatic heterocycles. The Kier molecular flexibility index (Phi) is 2.22. The van der Waals surface area contributed by atoms with Crippen molar-refractivity contribution in [2.45, 2.75) is 6.92 Å². The zero-order chi connectivity index (χ0) is 11.0. The fraction of sp³-hybridized carbons (Fsp3) is 0.0714. The maximum atomic E-state index is 4.54. The van der Waals surface area contributed by atoms with E-state index in [-0.39, 0.29) is 0 Å². The van der Waals surface area contributed by atoms with Crippen molar-refractivity contribution in [2.75, 3.05) is 0 Å². The molecule has 2 heteroatoms. The van der Waals surface area contributed by atoms with Crippen LogP contribution in [0.15, 0.2) is 48.5 Å². The maximum absolute atomic E-state index is 4.54. The monoisotopic (exact) mass is 225 g/mol. The highest BCUT2D eigenvalue weighted by molar-refractivity contribution is 7.13. The molecule has 0 unspecified atom stereocenters. The molecule has 0 aliphatic heterocycles. The van der Waals surface area contributed by atoms with Gasteiger partial charge in [0.15, 0.2) is 0 Å². The summed E-state index contributed by atoms with van der Waals surface area (Å²) in [6.07, 6.45) is 0. The number of aromatic nitrogens is 1. The molecule has 0 bridgehead atoms. The Morgan fingerprint density at radius 3 is 2.50 bits per heavy atom. The summed E-state index contributed by atoms with van der Waals surface area (Å²) in [6.45, 7) is 2.10. The Morgan fingerprint density at radius 1 is 0.938 bits per heavy atom. The van der Waals surface area contributed by atoms with Crippen LogP contribution >= 0.6 is 11.5 Å². The second kappa shape index (κ2) is 3.72. The minimum Gasteiger partial charge on any atom is -0.191 e. The zero-order valence-corrected chi connectivity index (χ0v) is 9.79. The van der Waals surface area contributed by atoms with Gasteiger partial charge in [-0.1, -0.05) is 48.0 Å². The molecule has 3 rings (SSSR count). The molecule has 0 saturated heterocycles. The molecule has 0 radical (unpaired) electrons. The van der Waals surface area contributed by atoms with Crippen LogP contribution < -0.4 is 0 Å². The maximum Gasteiger partial charge on any atom is 0.0919 e. The molecule has 78 valence electrons. The summed E-state index contributed by atoms with van der Waals surface area (Å²) in [6, 6.07) is 16.9. The van der Waals surface area contributed by atoms with E-state index < -0.39 is 0 Å². The van der Waals surface area contributed by atoms with Gasteiger partial charge in [0.1, 0.15) is 0 Å². The normalized spacial score (nSPS) is 10.8. The minimum absolute atomic E-state index is 1.10. The lowest BCUT2D eigenvalue weighted by atomic mass is 10.1. The predicted octanol–water partition coefficient (Wildman–Crippen LogP) is 4.27. The van der Waals surface area contributed by atoms with Crippen LogP contribution in [0.1, 0.15) is 5.56 Å². The molecule has 1 heterocycles. The van der Waals surface area contributed by atoms with E-state index in [1.54, 1.807) is 11.5 Å². The Hall–Kier alpha value is -1.67. The Morgan fingerprint density at radius 2 is 1.69 bits per heavy atom. The molecule has 0 atom stereocenters. The van der Waals surface area contributed by atoms with Gasteiger partial charge in [-0.2, -0.15) is 4.37 Å². The molecule has 0 aliphatic rings. The van der Waals surface area contributed by atoms with Gasteiger partial charge < -0.3 is 0 Å². The quantitative estimate of drug-likeness (QED) is 0.602. The lowest BCUT2D eigenvalue weighted by Gasteiger charge is -1.98. The average molecular weight is 225 g/mol. The average Bonchev–Trinajstić information content (AvgIpc) is 2.74. The molecule has 0 spiro atoms. The summed E-state index contributed by atoms with van der Waals surface area (Å²) in [5.74, 6) is 0. The lowest BCUT2D eigenvalue weighted by molar-refractivity contribution is 1.45. The van der Waals surface area contributed by atoms with Gasteiger partial charge >= 0.3 is 0 Å². The minimum atomic E-state index is 1.10. The number of rotatable bonds is 1. The Bertz CT molecular complexity index is 623. The van der Waals surface area contributed by atoms with Crippen LogP contribution in [-0.4, -0.2) is 4.37 Å². The third-order valence-electron chi connectivity index (χ3n) is 2.70. The Labute approximate surface area is 98.5 Å². The first-order valence-corrected chi connectivity index (χ1v) is 6.03. The van der Waals surface area contributed by atoms with Crippen molar-refractivity contribution >= 4 is 21.6 Å². The van der Waals surface area contributed by atoms with Gasteiger partial charge in [0, 0.05) is 10.9 Å². The SMILES string of the molecule is Cc1ccc(-c2nsc3ccccc23)cc1. The van der Waals surface area contributed by atoms with Crippen LogP contribution in [0.25, 0.3) is 21.3 Å². The summed E-state index contributed by atoms with van der Waals surface area (Å²) in [4.78, 5) is 0. The van der Waals surface area contributed by atoms with Crippen LogP contribution in [0.5, 0.6) is 0 Å². The van der Waals surface area contributed by atoms with Gasteiger partial charge in [0.05, 0.1) is 10.4 Å². The number of hydrogen-bond donors (Lipinski definition) is 0. The van der Waals surface area contributed by atoms with Gasteiger partial charge in [-0.15, -0.1) is 0 Å². The van der Waals surface area contributed by atoms with Crippen LogP contribution in [0.4, 0.5) is 0 Å². The van der Waals surface area contributed by atoms with Crippen molar-refractivity contribution < 1.29 is 0 Å². The van der Waals surface area contributed by atoms with Crippen LogP contribution in [0.2, 0.25) is 0 Å². The van der Waals surface area contributed by atoms with E-state index in [9.17, 15) is 0 Å². The molecule has 1 nitrogen and oxygen atoms in total. The molecule has 16 heavy (non-hydrogen) atoms. The van der Waals surface area contributed by atoms with Crippen molar-refractivity contribution in [1.29, 1.82) is 0 Å². The van der Waals surface area contributed by atoms with Gasteiger partial charge in [-0.3, -0.25) is 0 Å². The third kappa shape index (κ3) is 1.51. The highest BCUT2D eigenvalue weighted by Gasteiger charge is 2.06. The van der Waals surface area contributed by atoms with Crippen molar-refractivity contribution in [3.63, 3.8) is 0 Å². The van der Waals surface area contributed by atoms with Gasteiger partial charge in [-0.25, -0.2) is 0 Å². The van der Waals surface area contributed by atoms with Crippen molar-refractivity contribution in [2.24, 2.45) is 0 Å². The van der Waals surface area contributed by atoms with Crippen LogP contribution in [-0.2, 0) is 0 Å². The third-order valence-corrected chi connectivity index (χ3v) is 3.53. The summed E-state index contributed by atoms with van der Waals surface area (Å²) in [7, 11) is 0. The van der Waals surface area contributed by atoms with E-state index in [1.807, 2.05) is 0 Å². The van der Waals surface area contributed by atoms with E-state index in [2.05, 4.69) is 59.8 Å². The molecular formula is C14H11NS. The van der Waals surface area contributed by atoms with E-state index in [1.165, 1.54) is 21.2 Å².